The summed E-state index contributed by atoms with van der Waals surface area (Å²) in [4.78, 5) is 14.7. The van der Waals surface area contributed by atoms with Crippen LogP contribution in [-0.2, 0) is 4.79 Å². The maximum Gasteiger partial charge on any atom is 0.234 e. The smallest absolute Gasteiger partial charge is 0.234 e. The van der Waals surface area contributed by atoms with E-state index in [0.717, 1.165) is 17.2 Å². The number of hydrogen-bond donors (Lipinski definition) is 1. The third-order valence-corrected chi connectivity index (χ3v) is 4.93. The number of aromatic amines is 1. The quantitative estimate of drug-likeness (QED) is 0.536. The van der Waals surface area contributed by atoms with Gasteiger partial charge < -0.3 is 4.90 Å². The number of thioether (sulfide) groups is 2. The van der Waals surface area contributed by atoms with Crippen molar-refractivity contribution in [2.75, 3.05) is 24.4 Å². The van der Waals surface area contributed by atoms with Crippen molar-refractivity contribution in [2.45, 2.75) is 33.6 Å². The second-order valence-electron chi connectivity index (χ2n) is 4.23. The van der Waals surface area contributed by atoms with Gasteiger partial charge in [0.05, 0.1) is 12.1 Å². The zero-order valence-electron chi connectivity index (χ0n) is 14.5. The first-order valence-electron chi connectivity index (χ1n) is 7.75. The molecule has 0 aromatic carbocycles. The number of H-pyrrole nitrogens is 1. The van der Waals surface area contributed by atoms with Gasteiger partial charge >= 0.3 is 0 Å². The highest BCUT2D eigenvalue weighted by Crippen LogP contribution is 2.28. The summed E-state index contributed by atoms with van der Waals surface area (Å²) in [7, 11) is 0. The first-order valence-corrected chi connectivity index (χ1v) is 10.1. The van der Waals surface area contributed by atoms with Crippen LogP contribution in [0, 0.1) is 12.3 Å². The molecule has 0 bridgehead atoms. The normalized spacial score (nSPS) is 10.5. The summed E-state index contributed by atoms with van der Waals surface area (Å²) in [5.41, 5.74) is 1.02. The van der Waals surface area contributed by atoms with Gasteiger partial charge in [0.1, 0.15) is 0 Å². The maximum absolute atomic E-state index is 11.8. The predicted octanol–water partition coefficient (Wildman–Crippen LogP) is 4.09. The van der Waals surface area contributed by atoms with Gasteiger partial charge in [-0.15, -0.1) is 18.2 Å². The molecule has 1 aromatic rings. The summed E-state index contributed by atoms with van der Waals surface area (Å²) in [6.07, 6.45) is 12.1. The van der Waals surface area contributed by atoms with Crippen molar-refractivity contribution < 1.29 is 4.79 Å². The number of amides is 1. The van der Waals surface area contributed by atoms with Gasteiger partial charge in [-0.3, -0.25) is 9.89 Å². The van der Waals surface area contributed by atoms with Crippen molar-refractivity contribution >= 4 is 34.3 Å². The van der Waals surface area contributed by atoms with E-state index in [1.54, 1.807) is 34.6 Å². The lowest BCUT2D eigenvalue weighted by Crippen LogP contribution is -2.31. The molecule has 23 heavy (non-hydrogen) atoms. The monoisotopic (exact) mass is 353 g/mol. The van der Waals surface area contributed by atoms with Crippen LogP contribution in [0.25, 0.3) is 4.91 Å². The molecule has 0 spiro atoms. The Balaban J connectivity index is 0.00000232. The Kier molecular flexibility index (Phi) is 13.5. The molecule has 4 nitrogen and oxygen atoms in total. The summed E-state index contributed by atoms with van der Waals surface area (Å²) >= 11 is 3.56. The van der Waals surface area contributed by atoms with E-state index in [4.69, 9.17) is 6.42 Å². The summed E-state index contributed by atoms with van der Waals surface area (Å²) < 4.78 is 0. The highest BCUT2D eigenvalue weighted by molar-refractivity contribution is 8.20. The van der Waals surface area contributed by atoms with Gasteiger partial charge in [-0.1, -0.05) is 25.8 Å². The first-order chi connectivity index (χ1) is 11.2. The Morgan fingerprint density at radius 2 is 2.26 bits per heavy atom. The van der Waals surface area contributed by atoms with Gasteiger partial charge in [-0.25, -0.2) is 0 Å². The molecule has 0 saturated carbocycles. The van der Waals surface area contributed by atoms with Gasteiger partial charge in [-0.05, 0) is 25.7 Å². The number of rotatable bonds is 9. The lowest BCUT2D eigenvalue weighted by molar-refractivity contribution is -0.129. The Labute approximate surface area is 148 Å². The number of carbonyl (C=O) groups excluding carboxylic acids is 1. The van der Waals surface area contributed by atoms with E-state index < -0.39 is 0 Å². The number of nitrogens with one attached hydrogen (secondary N) is 1. The molecular formula is C17H27N3OS2. The molecule has 1 amide bonds. The molecule has 0 saturated heterocycles. The van der Waals surface area contributed by atoms with Crippen molar-refractivity contribution in [1.82, 2.24) is 15.1 Å². The van der Waals surface area contributed by atoms with E-state index in [1.807, 2.05) is 26.8 Å². The molecule has 1 rings (SSSR count). The number of nitrogens with zero attached hydrogens (tertiary/aromatic N) is 2. The SMILES string of the molecule is C#CCC(=O)N(CC)CC/C=C(/SCSC)c1ccn[nH]1.CC. The second-order valence-corrected chi connectivity index (χ2v) is 6.48. The fraction of sp³-hybridized carbons (Fsp3) is 0.529. The minimum Gasteiger partial charge on any atom is -0.342 e. The van der Waals surface area contributed by atoms with Crippen molar-refractivity contribution in [3.05, 3.63) is 24.0 Å². The minimum absolute atomic E-state index is 0.0215. The van der Waals surface area contributed by atoms with Crippen LogP contribution in [0.4, 0.5) is 0 Å². The van der Waals surface area contributed by atoms with Crippen LogP contribution >= 0.6 is 23.5 Å². The molecule has 128 valence electrons. The average molecular weight is 354 g/mol. The van der Waals surface area contributed by atoms with E-state index >= 15 is 0 Å². The lowest BCUT2D eigenvalue weighted by Gasteiger charge is -2.19. The second kappa shape index (κ2) is 14.3. The van der Waals surface area contributed by atoms with Crippen molar-refractivity contribution in [3.8, 4) is 12.3 Å². The largest absolute Gasteiger partial charge is 0.342 e. The van der Waals surface area contributed by atoms with E-state index in [0.29, 0.717) is 13.1 Å². The lowest BCUT2D eigenvalue weighted by atomic mass is 10.3. The first kappa shape index (κ1) is 21.7. The standard InChI is InChI=1S/C15H21N3OS2.C2H6/c1-4-7-15(19)18(5-2)11-6-8-14(21-12-20-3)13-9-10-16-17-13;1-2/h1,8-10H,5-7,11-12H2,2-3H3,(H,16,17);1-2H3/b14-8+;. The third-order valence-electron chi connectivity index (χ3n) is 2.81. The summed E-state index contributed by atoms with van der Waals surface area (Å²) in [6.45, 7) is 7.34. The van der Waals surface area contributed by atoms with Gasteiger partial charge in [0.2, 0.25) is 5.91 Å². The van der Waals surface area contributed by atoms with Crippen molar-refractivity contribution in [2.24, 2.45) is 0 Å². The van der Waals surface area contributed by atoms with Crippen LogP contribution in [-0.4, -0.2) is 45.4 Å². The maximum atomic E-state index is 11.8. The molecule has 6 heteroatoms. The van der Waals surface area contributed by atoms with Crippen LogP contribution in [0.5, 0.6) is 0 Å². The number of terminal acetylenes is 1. The molecular weight excluding hydrogens is 326 g/mol. The highest BCUT2D eigenvalue weighted by atomic mass is 32.2. The topological polar surface area (TPSA) is 49.0 Å². The summed E-state index contributed by atoms with van der Waals surface area (Å²) in [6, 6.07) is 1.96. The fourth-order valence-electron chi connectivity index (χ4n) is 1.77. The van der Waals surface area contributed by atoms with Crippen LogP contribution in [0.3, 0.4) is 0 Å². The molecule has 0 aliphatic carbocycles. The van der Waals surface area contributed by atoms with Crippen LogP contribution in [0.1, 0.15) is 39.3 Å². The van der Waals surface area contributed by atoms with Crippen molar-refractivity contribution in [1.29, 1.82) is 0 Å². The van der Waals surface area contributed by atoms with Gasteiger partial charge in [0.15, 0.2) is 0 Å². The Hall–Kier alpha value is -1.32. The molecule has 1 heterocycles. The van der Waals surface area contributed by atoms with Crippen LogP contribution in [0.15, 0.2) is 18.3 Å². The van der Waals surface area contributed by atoms with E-state index in [9.17, 15) is 4.79 Å². The molecule has 0 unspecified atom stereocenters. The van der Waals surface area contributed by atoms with Crippen LogP contribution in [0.2, 0.25) is 0 Å². The number of carbonyl (C=O) groups is 1. The minimum atomic E-state index is 0.0215. The highest BCUT2D eigenvalue weighted by Gasteiger charge is 2.09. The molecule has 0 radical (unpaired) electrons. The Morgan fingerprint density at radius 1 is 1.52 bits per heavy atom. The van der Waals surface area contributed by atoms with Gasteiger partial charge in [0, 0.05) is 29.3 Å². The molecule has 0 aliphatic heterocycles. The number of hydrogen-bond acceptors (Lipinski definition) is 4. The molecule has 0 fully saturated rings. The third kappa shape index (κ3) is 8.77. The molecule has 1 aromatic heterocycles. The van der Waals surface area contributed by atoms with Crippen molar-refractivity contribution in [3.63, 3.8) is 0 Å². The Morgan fingerprint density at radius 3 is 2.78 bits per heavy atom. The number of aromatic nitrogens is 2. The Bertz CT molecular complexity index is 492. The fourth-order valence-corrected chi connectivity index (χ4v) is 3.26. The van der Waals surface area contributed by atoms with E-state index in [1.165, 1.54) is 4.91 Å². The molecule has 1 N–H and O–H groups in total. The molecule has 0 aliphatic rings. The average Bonchev–Trinajstić information content (AvgIpc) is 3.10. The summed E-state index contributed by atoms with van der Waals surface area (Å²) in [5.74, 6) is 2.43. The summed E-state index contributed by atoms with van der Waals surface area (Å²) in [5, 5.41) is 7.96. The zero-order chi connectivity index (χ0) is 17.5. The van der Waals surface area contributed by atoms with E-state index in [-0.39, 0.29) is 12.3 Å². The molecule has 0 atom stereocenters. The predicted molar refractivity (Wildman–Crippen MR) is 104 cm³/mol. The van der Waals surface area contributed by atoms with E-state index in [2.05, 4.69) is 28.4 Å². The van der Waals surface area contributed by atoms with Crippen LogP contribution < -0.4 is 0 Å². The van der Waals surface area contributed by atoms with Gasteiger partial charge in [0.25, 0.3) is 0 Å². The zero-order valence-corrected chi connectivity index (χ0v) is 16.1. The van der Waals surface area contributed by atoms with Gasteiger partial charge in [-0.2, -0.15) is 16.9 Å².